The minimum atomic E-state index is -0.177. The smallest absolute Gasteiger partial charge is 0.123 e. The van der Waals surface area contributed by atoms with E-state index in [2.05, 4.69) is 19.9 Å². The Morgan fingerprint density at radius 3 is 2.53 bits per heavy atom. The third-order valence-corrected chi connectivity index (χ3v) is 3.29. The van der Waals surface area contributed by atoms with E-state index in [9.17, 15) is 4.39 Å². The van der Waals surface area contributed by atoms with Crippen molar-refractivity contribution in [3.8, 4) is 0 Å². The van der Waals surface area contributed by atoms with E-state index < -0.39 is 0 Å². The summed E-state index contributed by atoms with van der Waals surface area (Å²) in [6, 6.07) is 6.90. The van der Waals surface area contributed by atoms with Crippen molar-refractivity contribution in [1.29, 1.82) is 0 Å². The van der Waals surface area contributed by atoms with Crippen LogP contribution in [0.5, 0.6) is 0 Å². The molecule has 2 heteroatoms. The Kier molecular flexibility index (Phi) is 3.34. The Morgan fingerprint density at radius 1 is 1.29 bits per heavy atom. The fraction of sp³-hybridized carbons (Fsp3) is 0.467. The highest BCUT2D eigenvalue weighted by Gasteiger charge is 2.26. The standard InChI is InChI=1S/C15H20FN/c1-15(2)9-12(8-14(17)10-15)7-11-3-5-13(16)6-4-11/h3-6,8,14H,7,9-10,17H2,1-2H3. The van der Waals surface area contributed by atoms with Crippen LogP contribution in [0.2, 0.25) is 0 Å². The van der Waals surface area contributed by atoms with E-state index in [1.807, 2.05) is 12.1 Å². The maximum absolute atomic E-state index is 12.8. The summed E-state index contributed by atoms with van der Waals surface area (Å²) in [6.45, 7) is 4.51. The molecule has 2 N–H and O–H groups in total. The third kappa shape index (κ3) is 3.40. The van der Waals surface area contributed by atoms with Crippen LogP contribution >= 0.6 is 0 Å². The number of halogens is 1. The summed E-state index contributed by atoms with van der Waals surface area (Å²) >= 11 is 0. The first-order valence-corrected chi connectivity index (χ1v) is 6.14. The Bertz CT molecular complexity index is 417. The summed E-state index contributed by atoms with van der Waals surface area (Å²) in [4.78, 5) is 0. The molecule has 1 atom stereocenters. The van der Waals surface area contributed by atoms with Gasteiger partial charge < -0.3 is 5.73 Å². The molecule has 0 amide bonds. The lowest BCUT2D eigenvalue weighted by atomic mass is 9.74. The van der Waals surface area contributed by atoms with E-state index in [0.717, 1.165) is 24.8 Å². The van der Waals surface area contributed by atoms with Crippen molar-refractivity contribution in [2.24, 2.45) is 11.1 Å². The Labute approximate surface area is 103 Å². The second kappa shape index (κ2) is 4.61. The van der Waals surface area contributed by atoms with Gasteiger partial charge in [-0.15, -0.1) is 0 Å². The lowest BCUT2D eigenvalue weighted by Gasteiger charge is -2.33. The summed E-state index contributed by atoms with van der Waals surface area (Å²) in [7, 11) is 0. The molecule has 0 aliphatic heterocycles. The Balaban J connectivity index is 2.11. The molecule has 0 aromatic heterocycles. The highest BCUT2D eigenvalue weighted by Crippen LogP contribution is 2.35. The van der Waals surface area contributed by atoms with Gasteiger partial charge in [0.2, 0.25) is 0 Å². The van der Waals surface area contributed by atoms with Gasteiger partial charge >= 0.3 is 0 Å². The summed E-state index contributed by atoms with van der Waals surface area (Å²) < 4.78 is 12.8. The van der Waals surface area contributed by atoms with Crippen molar-refractivity contribution in [1.82, 2.24) is 0 Å². The average molecular weight is 233 g/mol. The first-order chi connectivity index (χ1) is 7.94. The molecule has 0 radical (unpaired) electrons. The van der Waals surface area contributed by atoms with E-state index in [-0.39, 0.29) is 17.3 Å². The van der Waals surface area contributed by atoms with E-state index in [1.54, 1.807) is 0 Å². The third-order valence-electron chi connectivity index (χ3n) is 3.29. The van der Waals surface area contributed by atoms with Gasteiger partial charge in [0.1, 0.15) is 5.82 Å². The maximum Gasteiger partial charge on any atom is 0.123 e. The molecule has 0 saturated carbocycles. The Hall–Kier alpha value is -1.15. The van der Waals surface area contributed by atoms with E-state index in [1.165, 1.54) is 17.7 Å². The number of hydrogen-bond donors (Lipinski definition) is 1. The molecule has 1 aliphatic rings. The molecule has 2 rings (SSSR count). The van der Waals surface area contributed by atoms with Crippen LogP contribution in [0.4, 0.5) is 4.39 Å². The van der Waals surface area contributed by atoms with Crippen LogP contribution in [0.25, 0.3) is 0 Å². The number of benzene rings is 1. The molecule has 17 heavy (non-hydrogen) atoms. The average Bonchev–Trinajstić information content (AvgIpc) is 2.18. The van der Waals surface area contributed by atoms with Gasteiger partial charge in [-0.05, 0) is 42.4 Å². The normalized spacial score (nSPS) is 23.3. The molecule has 0 saturated heterocycles. The molecule has 1 aliphatic carbocycles. The number of nitrogens with two attached hydrogens (primary N) is 1. The van der Waals surface area contributed by atoms with Crippen LogP contribution in [-0.2, 0) is 6.42 Å². The minimum absolute atomic E-state index is 0.161. The van der Waals surface area contributed by atoms with Gasteiger partial charge in [0.15, 0.2) is 0 Å². The van der Waals surface area contributed by atoms with E-state index in [4.69, 9.17) is 5.73 Å². The zero-order valence-corrected chi connectivity index (χ0v) is 10.5. The minimum Gasteiger partial charge on any atom is -0.324 e. The summed E-state index contributed by atoms with van der Waals surface area (Å²) in [6.07, 6.45) is 5.18. The quantitative estimate of drug-likeness (QED) is 0.778. The van der Waals surface area contributed by atoms with E-state index in [0.29, 0.717) is 0 Å². The monoisotopic (exact) mass is 233 g/mol. The van der Waals surface area contributed by atoms with Crippen molar-refractivity contribution in [2.45, 2.75) is 39.2 Å². The molecule has 1 unspecified atom stereocenters. The van der Waals surface area contributed by atoms with E-state index >= 15 is 0 Å². The number of rotatable bonds is 2. The lowest BCUT2D eigenvalue weighted by Crippen LogP contribution is -2.31. The summed E-state index contributed by atoms with van der Waals surface area (Å²) in [5, 5.41) is 0. The second-order valence-corrected chi connectivity index (χ2v) is 5.84. The lowest BCUT2D eigenvalue weighted by molar-refractivity contribution is 0.299. The summed E-state index contributed by atoms with van der Waals surface area (Å²) in [5.41, 5.74) is 8.85. The molecule has 0 spiro atoms. The molecule has 0 fully saturated rings. The van der Waals surface area contributed by atoms with Gasteiger partial charge in [-0.2, -0.15) is 0 Å². The van der Waals surface area contributed by atoms with Gasteiger partial charge in [0.25, 0.3) is 0 Å². The highest BCUT2D eigenvalue weighted by atomic mass is 19.1. The van der Waals surface area contributed by atoms with Gasteiger partial charge in [0, 0.05) is 6.04 Å². The SMILES string of the molecule is CC1(C)CC(Cc2ccc(F)cc2)=CC(N)C1. The van der Waals surface area contributed by atoms with Crippen LogP contribution in [0, 0.1) is 11.2 Å². The predicted molar refractivity (Wildman–Crippen MR) is 69.2 cm³/mol. The van der Waals surface area contributed by atoms with Crippen LogP contribution in [0.15, 0.2) is 35.9 Å². The molecule has 0 heterocycles. The molecule has 0 bridgehead atoms. The fourth-order valence-electron chi connectivity index (χ4n) is 2.73. The topological polar surface area (TPSA) is 26.0 Å². The van der Waals surface area contributed by atoms with Gasteiger partial charge in [-0.25, -0.2) is 4.39 Å². The number of allylic oxidation sites excluding steroid dienone is 1. The van der Waals surface area contributed by atoms with Crippen LogP contribution in [-0.4, -0.2) is 6.04 Å². The highest BCUT2D eigenvalue weighted by molar-refractivity contribution is 5.25. The Morgan fingerprint density at radius 2 is 1.94 bits per heavy atom. The van der Waals surface area contributed by atoms with Crippen LogP contribution < -0.4 is 5.73 Å². The number of hydrogen-bond acceptors (Lipinski definition) is 1. The first-order valence-electron chi connectivity index (χ1n) is 6.14. The first kappa shape index (κ1) is 12.3. The molecule has 1 aromatic carbocycles. The van der Waals surface area contributed by atoms with Crippen molar-refractivity contribution < 1.29 is 4.39 Å². The molecular weight excluding hydrogens is 213 g/mol. The summed E-state index contributed by atoms with van der Waals surface area (Å²) in [5.74, 6) is -0.177. The largest absolute Gasteiger partial charge is 0.324 e. The van der Waals surface area contributed by atoms with Crippen molar-refractivity contribution in [3.63, 3.8) is 0 Å². The molecular formula is C15H20FN. The fourth-order valence-corrected chi connectivity index (χ4v) is 2.73. The molecule has 92 valence electrons. The van der Waals surface area contributed by atoms with Crippen LogP contribution in [0.3, 0.4) is 0 Å². The zero-order chi connectivity index (χ0) is 12.5. The molecule has 1 nitrogen and oxygen atoms in total. The van der Waals surface area contributed by atoms with Crippen molar-refractivity contribution >= 4 is 0 Å². The second-order valence-electron chi connectivity index (χ2n) is 5.84. The molecule has 1 aromatic rings. The predicted octanol–water partition coefficient (Wildman–Crippen LogP) is 3.44. The van der Waals surface area contributed by atoms with Crippen LogP contribution in [0.1, 0.15) is 32.3 Å². The van der Waals surface area contributed by atoms with Gasteiger partial charge in [-0.1, -0.05) is 37.6 Å². The van der Waals surface area contributed by atoms with Crippen molar-refractivity contribution in [2.75, 3.05) is 0 Å². The van der Waals surface area contributed by atoms with Crippen molar-refractivity contribution in [3.05, 3.63) is 47.3 Å². The van der Waals surface area contributed by atoms with Gasteiger partial charge in [0.05, 0.1) is 0 Å². The maximum atomic E-state index is 12.8. The van der Waals surface area contributed by atoms with Gasteiger partial charge in [-0.3, -0.25) is 0 Å². The zero-order valence-electron chi connectivity index (χ0n) is 10.5.